The van der Waals surface area contributed by atoms with E-state index in [1.165, 1.54) is 13.0 Å². The smallest absolute Gasteiger partial charge is 0.223 e. The molecule has 3 rings (SSSR count). The van der Waals surface area contributed by atoms with E-state index in [4.69, 9.17) is 4.74 Å². The molecule has 1 fully saturated rings. The summed E-state index contributed by atoms with van der Waals surface area (Å²) in [6, 6.07) is 4.82. The third kappa shape index (κ3) is 2.69. The summed E-state index contributed by atoms with van der Waals surface area (Å²) in [5, 5.41) is 2.62. The minimum absolute atomic E-state index is 0.0308. The molecule has 2 aromatic rings. The largest absolute Gasteiger partial charge is 0.497 e. The molecule has 2 unspecified atom stereocenters. The van der Waals surface area contributed by atoms with Gasteiger partial charge in [0.25, 0.3) is 0 Å². The van der Waals surface area contributed by atoms with Crippen molar-refractivity contribution in [1.82, 2.24) is 9.97 Å². The summed E-state index contributed by atoms with van der Waals surface area (Å²) >= 11 is 0. The number of rotatable bonds is 4. The Morgan fingerprint density at radius 1 is 1.39 bits per heavy atom. The molecule has 0 radical (unpaired) electrons. The molecule has 23 heavy (non-hydrogen) atoms. The van der Waals surface area contributed by atoms with Crippen molar-refractivity contribution in [2.24, 2.45) is 5.41 Å². The molecule has 1 amide bonds. The summed E-state index contributed by atoms with van der Waals surface area (Å²) in [6.07, 6.45) is 1.70. The predicted molar refractivity (Wildman–Crippen MR) is 85.1 cm³/mol. The third-order valence-electron chi connectivity index (χ3n) is 4.59. The van der Waals surface area contributed by atoms with Gasteiger partial charge in [-0.3, -0.25) is 10.1 Å². The van der Waals surface area contributed by atoms with E-state index in [0.29, 0.717) is 17.3 Å². The Morgan fingerprint density at radius 2 is 2.13 bits per heavy atom. The van der Waals surface area contributed by atoms with E-state index in [0.717, 1.165) is 5.69 Å². The molecule has 1 aliphatic carbocycles. The van der Waals surface area contributed by atoms with Crippen LogP contribution in [0.1, 0.15) is 43.9 Å². The summed E-state index contributed by atoms with van der Waals surface area (Å²) in [6.45, 7) is 5.62. The molecule has 2 N–H and O–H groups in total. The summed E-state index contributed by atoms with van der Waals surface area (Å²) in [7, 11) is 1.57. The van der Waals surface area contributed by atoms with Crippen LogP contribution in [0, 0.1) is 11.2 Å². The van der Waals surface area contributed by atoms with Gasteiger partial charge in [-0.15, -0.1) is 0 Å². The van der Waals surface area contributed by atoms with Gasteiger partial charge in [0, 0.05) is 24.5 Å². The van der Waals surface area contributed by atoms with E-state index in [1.54, 1.807) is 25.4 Å². The monoisotopic (exact) mass is 317 g/mol. The first kappa shape index (κ1) is 15.5. The molecular formula is C17H20FN3O2. The van der Waals surface area contributed by atoms with Crippen LogP contribution in [-0.4, -0.2) is 23.0 Å². The first-order valence-electron chi connectivity index (χ1n) is 7.50. The van der Waals surface area contributed by atoms with Gasteiger partial charge in [0.15, 0.2) is 0 Å². The van der Waals surface area contributed by atoms with Crippen LogP contribution in [-0.2, 0) is 4.79 Å². The lowest BCUT2D eigenvalue weighted by Gasteiger charge is -2.07. The number of anilines is 1. The number of H-pyrrole nitrogens is 1. The molecule has 1 aromatic carbocycles. The molecule has 2 atom stereocenters. The maximum atomic E-state index is 14.3. The van der Waals surface area contributed by atoms with Crippen LogP contribution in [0.4, 0.5) is 10.3 Å². The number of nitrogens with one attached hydrogen (secondary N) is 2. The van der Waals surface area contributed by atoms with Crippen LogP contribution in [0.25, 0.3) is 0 Å². The number of aromatic nitrogens is 2. The van der Waals surface area contributed by atoms with Crippen molar-refractivity contribution in [2.45, 2.75) is 32.6 Å². The topological polar surface area (TPSA) is 67.0 Å². The second kappa shape index (κ2) is 5.37. The number of halogens is 1. The van der Waals surface area contributed by atoms with E-state index in [1.807, 2.05) is 0 Å². The molecule has 0 spiro atoms. The van der Waals surface area contributed by atoms with Crippen molar-refractivity contribution in [3.8, 4) is 5.75 Å². The van der Waals surface area contributed by atoms with Gasteiger partial charge in [-0.25, -0.2) is 9.37 Å². The van der Waals surface area contributed by atoms with E-state index >= 15 is 0 Å². The fraction of sp³-hybridized carbons (Fsp3) is 0.412. The van der Waals surface area contributed by atoms with Crippen LogP contribution in [0.3, 0.4) is 0 Å². The van der Waals surface area contributed by atoms with Crippen molar-refractivity contribution in [1.29, 1.82) is 0 Å². The Balaban J connectivity index is 1.90. The fourth-order valence-corrected chi connectivity index (χ4v) is 3.41. The summed E-state index contributed by atoms with van der Waals surface area (Å²) in [5.74, 6) is 0.790. The zero-order valence-corrected chi connectivity index (χ0v) is 13.6. The standard InChI is InChI=1S/C17H20FN3O2/c1-9(22)20-16-19-8-13(21-16)15-14(17(15,2)3)11-7-10(23-4)5-6-12(11)18/h5-8,14-15H,1-4H3,(H2,19,20,21,22). The van der Waals surface area contributed by atoms with Crippen molar-refractivity contribution in [2.75, 3.05) is 12.4 Å². The number of ether oxygens (including phenoxy) is 1. The maximum Gasteiger partial charge on any atom is 0.223 e. The number of imidazole rings is 1. The number of hydrogen-bond donors (Lipinski definition) is 2. The number of hydrogen-bond acceptors (Lipinski definition) is 3. The number of nitrogens with zero attached hydrogens (tertiary/aromatic N) is 1. The first-order valence-corrected chi connectivity index (χ1v) is 7.50. The highest BCUT2D eigenvalue weighted by atomic mass is 19.1. The van der Waals surface area contributed by atoms with Gasteiger partial charge < -0.3 is 9.72 Å². The molecule has 0 bridgehead atoms. The van der Waals surface area contributed by atoms with E-state index < -0.39 is 0 Å². The first-order chi connectivity index (χ1) is 10.8. The third-order valence-corrected chi connectivity index (χ3v) is 4.59. The predicted octanol–water partition coefficient (Wildman–Crippen LogP) is 3.42. The number of amides is 1. The van der Waals surface area contributed by atoms with Crippen molar-refractivity contribution < 1.29 is 13.9 Å². The van der Waals surface area contributed by atoms with Gasteiger partial charge in [0.05, 0.1) is 13.3 Å². The van der Waals surface area contributed by atoms with Gasteiger partial charge in [-0.05, 0) is 29.2 Å². The van der Waals surface area contributed by atoms with E-state index in [-0.39, 0.29) is 29.0 Å². The minimum Gasteiger partial charge on any atom is -0.497 e. The molecule has 0 aliphatic heterocycles. The molecule has 1 saturated carbocycles. The molecule has 6 heteroatoms. The Hall–Kier alpha value is -2.37. The number of benzene rings is 1. The summed E-state index contributed by atoms with van der Waals surface area (Å²) in [4.78, 5) is 18.4. The summed E-state index contributed by atoms with van der Waals surface area (Å²) in [5.41, 5.74) is 1.44. The molecule has 122 valence electrons. The quantitative estimate of drug-likeness (QED) is 0.908. The highest BCUT2D eigenvalue weighted by Crippen LogP contribution is 2.70. The van der Waals surface area contributed by atoms with Gasteiger partial charge in [0.1, 0.15) is 11.6 Å². The highest BCUT2D eigenvalue weighted by molar-refractivity contribution is 5.86. The van der Waals surface area contributed by atoms with Crippen LogP contribution in [0.2, 0.25) is 0 Å². The molecule has 1 heterocycles. The molecule has 1 aliphatic rings. The number of methoxy groups -OCH3 is 1. The average Bonchev–Trinajstić information content (AvgIpc) is 2.81. The lowest BCUT2D eigenvalue weighted by molar-refractivity contribution is -0.114. The Labute approximate surface area is 134 Å². The number of carbonyl (C=O) groups is 1. The van der Waals surface area contributed by atoms with Crippen molar-refractivity contribution in [3.63, 3.8) is 0 Å². The zero-order valence-electron chi connectivity index (χ0n) is 13.6. The molecule has 1 aromatic heterocycles. The second-order valence-electron chi connectivity index (χ2n) is 6.53. The second-order valence-corrected chi connectivity index (χ2v) is 6.53. The SMILES string of the molecule is COc1ccc(F)c(C2C(c3cnc(NC(C)=O)[nH]3)C2(C)C)c1. The van der Waals surface area contributed by atoms with Crippen LogP contribution < -0.4 is 10.1 Å². The van der Waals surface area contributed by atoms with E-state index in [2.05, 4.69) is 29.1 Å². The van der Waals surface area contributed by atoms with Crippen LogP contribution in [0.5, 0.6) is 5.75 Å². The van der Waals surface area contributed by atoms with Crippen molar-refractivity contribution in [3.05, 3.63) is 41.5 Å². The Kier molecular flexibility index (Phi) is 3.62. The van der Waals surface area contributed by atoms with Crippen molar-refractivity contribution >= 4 is 11.9 Å². The molecular weight excluding hydrogens is 297 g/mol. The number of aromatic amines is 1. The summed E-state index contributed by atoms with van der Waals surface area (Å²) < 4.78 is 19.5. The van der Waals surface area contributed by atoms with E-state index in [9.17, 15) is 9.18 Å². The normalized spacial score (nSPS) is 21.8. The van der Waals surface area contributed by atoms with Crippen LogP contribution >= 0.6 is 0 Å². The Bertz CT molecular complexity index is 754. The zero-order chi connectivity index (χ0) is 16.8. The molecule has 0 saturated heterocycles. The fourth-order valence-electron chi connectivity index (χ4n) is 3.41. The van der Waals surface area contributed by atoms with Gasteiger partial charge in [-0.1, -0.05) is 13.8 Å². The Morgan fingerprint density at radius 3 is 2.78 bits per heavy atom. The minimum atomic E-state index is -0.229. The maximum absolute atomic E-state index is 14.3. The average molecular weight is 317 g/mol. The van der Waals surface area contributed by atoms with Gasteiger partial charge in [0.2, 0.25) is 11.9 Å². The van der Waals surface area contributed by atoms with Crippen LogP contribution in [0.15, 0.2) is 24.4 Å². The lowest BCUT2D eigenvalue weighted by Crippen LogP contribution is -2.07. The molecule has 5 nitrogen and oxygen atoms in total. The lowest BCUT2D eigenvalue weighted by atomic mass is 10.0. The van der Waals surface area contributed by atoms with Gasteiger partial charge in [-0.2, -0.15) is 0 Å². The number of carbonyl (C=O) groups excluding carboxylic acids is 1. The van der Waals surface area contributed by atoms with Gasteiger partial charge >= 0.3 is 0 Å². The highest BCUT2D eigenvalue weighted by Gasteiger charge is 2.60.